The lowest BCUT2D eigenvalue weighted by Gasteiger charge is -2.30. The zero-order chi connectivity index (χ0) is 30.1. The molecular weight excluding hydrogens is 563 g/mol. The van der Waals surface area contributed by atoms with Gasteiger partial charge < -0.3 is 4.90 Å². The quantitative estimate of drug-likeness (QED) is 0.196. The van der Waals surface area contributed by atoms with E-state index in [1.165, 1.54) is 75.7 Å². The van der Waals surface area contributed by atoms with Crippen LogP contribution in [0.15, 0.2) is 152 Å². The number of thiophene rings is 1. The Morgan fingerprint density at radius 1 is 0.467 bits per heavy atom. The fourth-order valence-corrected chi connectivity index (χ4v) is 8.49. The Balaban J connectivity index is 1.30. The Morgan fingerprint density at radius 3 is 1.93 bits per heavy atom. The number of para-hydroxylation sites is 1. The molecule has 9 rings (SSSR count). The first kappa shape index (κ1) is 26.2. The highest BCUT2D eigenvalue weighted by Gasteiger charge is 2.35. The van der Waals surface area contributed by atoms with Crippen molar-refractivity contribution < 1.29 is 0 Å². The second-order valence-corrected chi connectivity index (χ2v) is 13.7. The first-order valence-corrected chi connectivity index (χ1v) is 16.4. The molecule has 0 fully saturated rings. The van der Waals surface area contributed by atoms with Crippen LogP contribution in [-0.4, -0.2) is 0 Å². The van der Waals surface area contributed by atoms with Crippen LogP contribution in [0.1, 0.15) is 25.0 Å². The summed E-state index contributed by atoms with van der Waals surface area (Å²) >= 11 is 1.88. The predicted molar refractivity (Wildman–Crippen MR) is 195 cm³/mol. The molecule has 0 atom stereocenters. The van der Waals surface area contributed by atoms with Crippen LogP contribution >= 0.6 is 11.3 Å². The molecule has 0 unspecified atom stereocenters. The summed E-state index contributed by atoms with van der Waals surface area (Å²) < 4.78 is 2.64. The van der Waals surface area contributed by atoms with Crippen molar-refractivity contribution in [3.8, 4) is 22.3 Å². The predicted octanol–water partition coefficient (Wildman–Crippen LogP) is 12.7. The Kier molecular flexibility index (Phi) is 5.78. The molecule has 1 aliphatic rings. The molecule has 0 saturated carbocycles. The third-order valence-corrected chi connectivity index (χ3v) is 10.8. The van der Waals surface area contributed by atoms with Gasteiger partial charge in [-0.2, -0.15) is 0 Å². The van der Waals surface area contributed by atoms with E-state index >= 15 is 0 Å². The molecule has 7 aromatic carbocycles. The first-order chi connectivity index (χ1) is 22.1. The van der Waals surface area contributed by atoms with Gasteiger partial charge in [0, 0.05) is 42.5 Å². The highest BCUT2D eigenvalue weighted by atomic mass is 32.1. The van der Waals surface area contributed by atoms with Gasteiger partial charge in [-0.15, -0.1) is 11.3 Å². The number of benzene rings is 7. The maximum Gasteiger partial charge on any atom is 0.0540 e. The lowest BCUT2D eigenvalue weighted by molar-refractivity contribution is 0.660. The average Bonchev–Trinajstić information content (AvgIpc) is 3.55. The van der Waals surface area contributed by atoms with Gasteiger partial charge in [0.25, 0.3) is 0 Å². The molecule has 214 valence electrons. The molecule has 45 heavy (non-hydrogen) atoms. The summed E-state index contributed by atoms with van der Waals surface area (Å²) in [6.07, 6.45) is 0. The molecule has 0 saturated heterocycles. The number of hydrogen-bond acceptors (Lipinski definition) is 2. The Bertz CT molecular complexity index is 2410. The van der Waals surface area contributed by atoms with E-state index in [2.05, 4.69) is 170 Å². The van der Waals surface area contributed by atoms with E-state index in [4.69, 9.17) is 0 Å². The van der Waals surface area contributed by atoms with Crippen LogP contribution in [0.3, 0.4) is 0 Å². The summed E-state index contributed by atoms with van der Waals surface area (Å²) in [4.78, 5) is 2.46. The van der Waals surface area contributed by atoms with E-state index in [0.717, 1.165) is 5.69 Å². The van der Waals surface area contributed by atoms with Crippen LogP contribution in [0.2, 0.25) is 0 Å². The second kappa shape index (κ2) is 9.92. The Morgan fingerprint density at radius 2 is 1.09 bits per heavy atom. The fraction of sp³-hybridized carbons (Fsp3) is 0.0698. The van der Waals surface area contributed by atoms with Crippen molar-refractivity contribution in [3.05, 3.63) is 163 Å². The minimum atomic E-state index is -0.0822. The van der Waals surface area contributed by atoms with Gasteiger partial charge in [0.1, 0.15) is 0 Å². The van der Waals surface area contributed by atoms with Crippen molar-refractivity contribution >= 4 is 59.3 Å². The van der Waals surface area contributed by atoms with Crippen LogP contribution in [0, 0.1) is 0 Å². The van der Waals surface area contributed by atoms with Crippen LogP contribution < -0.4 is 4.90 Å². The zero-order valence-electron chi connectivity index (χ0n) is 25.3. The molecule has 0 amide bonds. The SMILES string of the molecule is CC1(C)c2ccccc2-c2ccc(N(c3ccc4sc5cc6ccccc6cc5c4c3)c3ccccc3-c3ccccc3)cc21. The van der Waals surface area contributed by atoms with Crippen molar-refractivity contribution in [2.45, 2.75) is 19.3 Å². The van der Waals surface area contributed by atoms with Crippen molar-refractivity contribution in [2.75, 3.05) is 4.90 Å². The normalized spacial score (nSPS) is 13.3. The topological polar surface area (TPSA) is 3.24 Å². The summed E-state index contributed by atoms with van der Waals surface area (Å²) in [5.41, 5.74) is 11.3. The van der Waals surface area contributed by atoms with Gasteiger partial charge in [0.2, 0.25) is 0 Å². The van der Waals surface area contributed by atoms with Crippen LogP contribution in [0.25, 0.3) is 53.2 Å². The summed E-state index contributed by atoms with van der Waals surface area (Å²) in [5, 5.41) is 5.19. The molecular formula is C43H31NS. The van der Waals surface area contributed by atoms with Gasteiger partial charge in [-0.25, -0.2) is 0 Å². The van der Waals surface area contributed by atoms with Crippen LogP contribution in [-0.2, 0) is 5.41 Å². The van der Waals surface area contributed by atoms with E-state index in [9.17, 15) is 0 Å². The lowest BCUT2D eigenvalue weighted by Crippen LogP contribution is -2.16. The maximum atomic E-state index is 2.46. The first-order valence-electron chi connectivity index (χ1n) is 15.6. The van der Waals surface area contributed by atoms with E-state index in [0.29, 0.717) is 0 Å². The van der Waals surface area contributed by atoms with Crippen LogP contribution in [0.4, 0.5) is 17.1 Å². The molecule has 0 aliphatic heterocycles. The highest BCUT2D eigenvalue weighted by Crippen LogP contribution is 2.51. The summed E-state index contributed by atoms with van der Waals surface area (Å²) in [6.45, 7) is 4.72. The monoisotopic (exact) mass is 593 g/mol. The zero-order valence-corrected chi connectivity index (χ0v) is 26.1. The number of anilines is 3. The second-order valence-electron chi connectivity index (χ2n) is 12.6. The molecule has 1 aliphatic carbocycles. The van der Waals surface area contributed by atoms with Gasteiger partial charge >= 0.3 is 0 Å². The number of hydrogen-bond donors (Lipinski definition) is 0. The summed E-state index contributed by atoms with van der Waals surface area (Å²) in [7, 11) is 0. The van der Waals surface area contributed by atoms with Gasteiger partial charge in [0.15, 0.2) is 0 Å². The van der Waals surface area contributed by atoms with Gasteiger partial charge in [-0.1, -0.05) is 117 Å². The number of nitrogens with zero attached hydrogens (tertiary/aromatic N) is 1. The van der Waals surface area contributed by atoms with Crippen molar-refractivity contribution in [2.24, 2.45) is 0 Å². The van der Waals surface area contributed by atoms with E-state index in [1.54, 1.807) is 0 Å². The highest BCUT2D eigenvalue weighted by molar-refractivity contribution is 7.25. The smallest absolute Gasteiger partial charge is 0.0540 e. The molecule has 1 aromatic heterocycles. The Hall–Kier alpha value is -5.18. The summed E-state index contributed by atoms with van der Waals surface area (Å²) in [6, 6.07) is 55.9. The molecule has 2 heteroatoms. The average molecular weight is 594 g/mol. The molecule has 0 spiro atoms. The van der Waals surface area contributed by atoms with E-state index in [-0.39, 0.29) is 5.41 Å². The van der Waals surface area contributed by atoms with Crippen LogP contribution in [0.5, 0.6) is 0 Å². The fourth-order valence-electron chi connectivity index (χ4n) is 7.38. The number of rotatable bonds is 4. The molecule has 0 radical (unpaired) electrons. The standard InChI is InChI=1S/C43H31NS/c1-43(2)38-18-10-8-17-34(38)35-22-20-32(27-39(35)43)44(40-19-11-9-16-33(40)28-12-4-3-5-13-28)31-21-23-41-37(26-31)36-24-29-14-6-7-15-30(29)25-42(36)45-41/h3-27H,1-2H3. The molecule has 0 bridgehead atoms. The van der Waals surface area contributed by atoms with Gasteiger partial charge in [-0.3, -0.25) is 0 Å². The van der Waals surface area contributed by atoms with Crippen molar-refractivity contribution in [1.82, 2.24) is 0 Å². The summed E-state index contributed by atoms with van der Waals surface area (Å²) in [5.74, 6) is 0. The van der Waals surface area contributed by atoms with E-state index in [1.807, 2.05) is 11.3 Å². The minimum Gasteiger partial charge on any atom is -0.310 e. The van der Waals surface area contributed by atoms with E-state index < -0.39 is 0 Å². The minimum absolute atomic E-state index is 0.0822. The Labute approximate surface area is 267 Å². The van der Waals surface area contributed by atoms with Gasteiger partial charge in [0.05, 0.1) is 5.69 Å². The van der Waals surface area contributed by atoms with Gasteiger partial charge in [-0.05, 0) is 87.1 Å². The lowest BCUT2D eigenvalue weighted by atomic mass is 9.82. The van der Waals surface area contributed by atoms with Crippen molar-refractivity contribution in [3.63, 3.8) is 0 Å². The molecule has 1 nitrogen and oxygen atoms in total. The third kappa shape index (κ3) is 4.06. The number of fused-ring (bicyclic) bond motifs is 7. The molecule has 1 heterocycles. The third-order valence-electron chi connectivity index (χ3n) is 9.63. The molecule has 0 N–H and O–H groups in total. The molecule has 8 aromatic rings. The largest absolute Gasteiger partial charge is 0.310 e. The maximum absolute atomic E-state index is 2.46. The van der Waals surface area contributed by atoms with Crippen molar-refractivity contribution in [1.29, 1.82) is 0 Å².